The number of imidazole rings is 1. The summed E-state index contributed by atoms with van der Waals surface area (Å²) in [5.41, 5.74) is 3.36. The second-order valence-electron chi connectivity index (χ2n) is 8.64. The van der Waals surface area contributed by atoms with E-state index < -0.39 is 0 Å². The average molecular weight is 470 g/mol. The summed E-state index contributed by atoms with van der Waals surface area (Å²) < 4.78 is 13.4. The van der Waals surface area contributed by atoms with Crippen LogP contribution in [-0.4, -0.2) is 40.2 Å². The highest BCUT2D eigenvalue weighted by molar-refractivity contribution is 6.30. The largest absolute Gasteiger partial charge is 0.486 e. The fourth-order valence-corrected chi connectivity index (χ4v) is 4.66. The maximum atomic E-state index is 11.9. The van der Waals surface area contributed by atoms with E-state index in [1.165, 1.54) is 5.56 Å². The summed E-state index contributed by atoms with van der Waals surface area (Å²) in [5, 5.41) is 0.693. The van der Waals surface area contributed by atoms with Crippen molar-refractivity contribution in [2.24, 2.45) is 5.92 Å². The van der Waals surface area contributed by atoms with E-state index in [0.717, 1.165) is 67.9 Å². The molecule has 0 spiro atoms. The van der Waals surface area contributed by atoms with E-state index in [4.69, 9.17) is 26.1 Å². The SMILES string of the molecule is CCOC(=O)N1CCC(CCCn2c(COc3ccc(Cl)cc3)nc3c(C)cccc32)CC1. The summed E-state index contributed by atoms with van der Waals surface area (Å²) in [7, 11) is 0. The van der Waals surface area contributed by atoms with Gasteiger partial charge in [-0.25, -0.2) is 9.78 Å². The number of hydrogen-bond donors (Lipinski definition) is 0. The van der Waals surface area contributed by atoms with Gasteiger partial charge in [-0.2, -0.15) is 0 Å². The molecule has 0 atom stereocenters. The molecule has 2 aromatic carbocycles. The number of fused-ring (bicyclic) bond motifs is 1. The first-order valence-corrected chi connectivity index (χ1v) is 12.2. The highest BCUT2D eigenvalue weighted by Crippen LogP contribution is 2.26. The number of hydrogen-bond acceptors (Lipinski definition) is 4. The van der Waals surface area contributed by atoms with Gasteiger partial charge in [0.15, 0.2) is 0 Å². The quantitative estimate of drug-likeness (QED) is 0.392. The van der Waals surface area contributed by atoms with Gasteiger partial charge in [-0.05, 0) is 81.3 Å². The molecule has 7 heteroatoms. The Bertz CT molecular complexity index is 1070. The van der Waals surface area contributed by atoms with Gasteiger partial charge in [-0.3, -0.25) is 0 Å². The number of benzene rings is 2. The van der Waals surface area contributed by atoms with Gasteiger partial charge in [0.1, 0.15) is 18.2 Å². The molecule has 1 aliphatic rings. The Balaban J connectivity index is 1.38. The van der Waals surface area contributed by atoms with Gasteiger partial charge in [0.25, 0.3) is 0 Å². The van der Waals surface area contributed by atoms with E-state index in [1.54, 1.807) is 0 Å². The lowest BCUT2D eigenvalue weighted by Gasteiger charge is -2.31. The van der Waals surface area contributed by atoms with Gasteiger partial charge in [0.2, 0.25) is 0 Å². The number of halogens is 1. The monoisotopic (exact) mass is 469 g/mol. The molecule has 0 unspecified atom stereocenters. The summed E-state index contributed by atoms with van der Waals surface area (Å²) in [6, 6.07) is 13.7. The van der Waals surface area contributed by atoms with Crippen LogP contribution in [0.1, 0.15) is 44.0 Å². The van der Waals surface area contributed by atoms with E-state index in [0.29, 0.717) is 24.2 Å². The molecule has 0 N–H and O–H groups in total. The fraction of sp³-hybridized carbons (Fsp3) is 0.462. The van der Waals surface area contributed by atoms with Crippen LogP contribution in [0, 0.1) is 12.8 Å². The van der Waals surface area contributed by atoms with Gasteiger partial charge in [0, 0.05) is 24.7 Å². The van der Waals surface area contributed by atoms with Crippen LogP contribution in [-0.2, 0) is 17.9 Å². The van der Waals surface area contributed by atoms with Crippen LogP contribution in [0.5, 0.6) is 5.75 Å². The summed E-state index contributed by atoms with van der Waals surface area (Å²) in [4.78, 5) is 18.7. The number of carbonyl (C=O) groups excluding carboxylic acids is 1. The van der Waals surface area contributed by atoms with Crippen LogP contribution in [0.15, 0.2) is 42.5 Å². The Morgan fingerprint density at radius 3 is 2.64 bits per heavy atom. The second-order valence-corrected chi connectivity index (χ2v) is 9.07. The average Bonchev–Trinajstić information content (AvgIpc) is 3.18. The standard InChI is InChI=1S/C26H32ClN3O3/c1-3-32-26(31)29-16-13-20(14-17-29)7-5-15-30-23-8-4-6-19(2)25(23)28-24(30)18-33-22-11-9-21(27)10-12-22/h4,6,8-12,20H,3,5,7,13-18H2,1-2H3. The minimum absolute atomic E-state index is 0.179. The third-order valence-electron chi connectivity index (χ3n) is 6.38. The van der Waals surface area contributed by atoms with E-state index in [9.17, 15) is 4.79 Å². The van der Waals surface area contributed by atoms with Gasteiger partial charge in [-0.1, -0.05) is 23.7 Å². The highest BCUT2D eigenvalue weighted by atomic mass is 35.5. The lowest BCUT2D eigenvalue weighted by atomic mass is 9.92. The molecule has 4 rings (SSSR count). The number of piperidine rings is 1. The zero-order valence-corrected chi connectivity index (χ0v) is 20.2. The van der Waals surface area contributed by atoms with Crippen molar-refractivity contribution in [1.29, 1.82) is 0 Å². The van der Waals surface area contributed by atoms with Crippen molar-refractivity contribution in [2.75, 3.05) is 19.7 Å². The van der Waals surface area contributed by atoms with Crippen LogP contribution in [0.25, 0.3) is 11.0 Å². The van der Waals surface area contributed by atoms with E-state index in [-0.39, 0.29) is 6.09 Å². The smallest absolute Gasteiger partial charge is 0.409 e. The number of carbonyl (C=O) groups is 1. The van der Waals surface area contributed by atoms with E-state index in [2.05, 4.69) is 29.7 Å². The number of nitrogens with zero attached hydrogens (tertiary/aromatic N) is 3. The zero-order valence-electron chi connectivity index (χ0n) is 19.4. The van der Waals surface area contributed by atoms with Crippen LogP contribution in [0.4, 0.5) is 4.79 Å². The molecule has 0 bridgehead atoms. The molecule has 1 aromatic heterocycles. The molecule has 1 aliphatic heterocycles. The van der Waals surface area contributed by atoms with Crippen molar-refractivity contribution in [3.8, 4) is 5.75 Å². The number of rotatable bonds is 8. The lowest BCUT2D eigenvalue weighted by molar-refractivity contribution is 0.0906. The zero-order chi connectivity index (χ0) is 23.2. The molecule has 2 heterocycles. The van der Waals surface area contributed by atoms with Crippen molar-refractivity contribution < 1.29 is 14.3 Å². The molecule has 0 aliphatic carbocycles. The third-order valence-corrected chi connectivity index (χ3v) is 6.63. The number of ether oxygens (including phenoxy) is 2. The highest BCUT2D eigenvalue weighted by Gasteiger charge is 2.23. The Kier molecular flexibility index (Phi) is 7.76. The Labute approximate surface area is 200 Å². The van der Waals surface area contributed by atoms with Crippen LogP contribution in [0.3, 0.4) is 0 Å². The van der Waals surface area contributed by atoms with Crippen LogP contribution >= 0.6 is 11.6 Å². The molecule has 1 amide bonds. The van der Waals surface area contributed by atoms with Crippen LogP contribution < -0.4 is 4.74 Å². The van der Waals surface area contributed by atoms with Crippen molar-refractivity contribution >= 4 is 28.7 Å². The topological polar surface area (TPSA) is 56.6 Å². The Hall–Kier alpha value is -2.73. The summed E-state index contributed by atoms with van der Waals surface area (Å²) >= 11 is 5.99. The third kappa shape index (κ3) is 5.80. The minimum Gasteiger partial charge on any atom is -0.486 e. The summed E-state index contributed by atoms with van der Waals surface area (Å²) in [6.45, 7) is 7.27. The van der Waals surface area contributed by atoms with Gasteiger partial charge < -0.3 is 18.9 Å². The molecule has 0 saturated carbocycles. The predicted molar refractivity (Wildman–Crippen MR) is 131 cm³/mol. The maximum Gasteiger partial charge on any atom is 0.409 e. The van der Waals surface area contributed by atoms with Crippen molar-refractivity contribution in [3.05, 3.63) is 58.9 Å². The minimum atomic E-state index is -0.179. The second kappa shape index (κ2) is 10.9. The van der Waals surface area contributed by atoms with Crippen LogP contribution in [0.2, 0.25) is 5.02 Å². The predicted octanol–water partition coefficient (Wildman–Crippen LogP) is 6.23. The first kappa shape index (κ1) is 23.4. The Morgan fingerprint density at radius 2 is 1.91 bits per heavy atom. The molecule has 33 heavy (non-hydrogen) atoms. The molecule has 1 saturated heterocycles. The van der Waals surface area contributed by atoms with Crippen molar-refractivity contribution in [3.63, 3.8) is 0 Å². The van der Waals surface area contributed by atoms with E-state index in [1.807, 2.05) is 36.1 Å². The number of aromatic nitrogens is 2. The summed E-state index contributed by atoms with van der Waals surface area (Å²) in [6.07, 6.45) is 4.10. The number of para-hydroxylation sites is 1. The maximum absolute atomic E-state index is 11.9. The molecular weight excluding hydrogens is 438 g/mol. The van der Waals surface area contributed by atoms with E-state index >= 15 is 0 Å². The molecular formula is C26H32ClN3O3. The van der Waals surface area contributed by atoms with Crippen molar-refractivity contribution in [1.82, 2.24) is 14.5 Å². The first-order chi connectivity index (χ1) is 16.0. The number of amides is 1. The van der Waals surface area contributed by atoms with Gasteiger partial charge in [-0.15, -0.1) is 0 Å². The molecule has 1 fully saturated rings. The molecule has 3 aromatic rings. The lowest BCUT2D eigenvalue weighted by Crippen LogP contribution is -2.38. The van der Waals surface area contributed by atoms with Crippen molar-refractivity contribution in [2.45, 2.75) is 52.7 Å². The normalized spacial score (nSPS) is 14.6. The number of likely N-dealkylation sites (tertiary alicyclic amines) is 1. The fourth-order valence-electron chi connectivity index (χ4n) is 4.53. The van der Waals surface area contributed by atoms with Gasteiger partial charge >= 0.3 is 6.09 Å². The summed E-state index contributed by atoms with van der Waals surface area (Å²) in [5.74, 6) is 2.36. The first-order valence-electron chi connectivity index (χ1n) is 11.8. The molecule has 0 radical (unpaired) electrons. The Morgan fingerprint density at radius 1 is 1.15 bits per heavy atom. The van der Waals surface area contributed by atoms with Gasteiger partial charge in [0.05, 0.1) is 17.6 Å². The molecule has 6 nitrogen and oxygen atoms in total. The number of aryl methyl sites for hydroxylation is 2. The molecule has 176 valence electrons.